The molecule has 0 saturated heterocycles. The normalized spacial score (nSPS) is 15.3. The maximum atomic E-state index is 12.8. The van der Waals surface area contributed by atoms with Gasteiger partial charge in [0.1, 0.15) is 18.1 Å². The van der Waals surface area contributed by atoms with E-state index in [1.807, 2.05) is 0 Å². The molecule has 0 heterocycles. The number of carboxylic acids is 2. The van der Waals surface area contributed by atoms with E-state index in [9.17, 15) is 29.1 Å². The second kappa shape index (κ2) is 12.1. The van der Waals surface area contributed by atoms with Crippen molar-refractivity contribution in [1.82, 2.24) is 16.0 Å². The number of rotatable bonds is 12. The Morgan fingerprint density at radius 1 is 0.667 bits per heavy atom. The summed E-state index contributed by atoms with van der Waals surface area (Å²) < 4.78 is 0. The number of hydrogen-bond acceptors (Lipinski definition) is 6. The van der Waals surface area contributed by atoms with Gasteiger partial charge in [-0.3, -0.25) is 19.2 Å². The highest BCUT2D eigenvalue weighted by Crippen LogP contribution is 2.09. The first-order valence-electron chi connectivity index (χ1n) is 9.80. The fraction of sp³-hybridized carbons (Fsp3) is 0.737. The number of carbonyl (C=O) groups excluding carboxylic acids is 3. The van der Waals surface area contributed by atoms with Gasteiger partial charge >= 0.3 is 11.9 Å². The summed E-state index contributed by atoms with van der Waals surface area (Å²) in [6.07, 6.45) is -0.596. The van der Waals surface area contributed by atoms with Crippen molar-refractivity contribution >= 4 is 29.7 Å². The third kappa shape index (κ3) is 8.76. The van der Waals surface area contributed by atoms with E-state index in [-0.39, 0.29) is 17.8 Å². The number of hydrogen-bond donors (Lipinski definition) is 6. The van der Waals surface area contributed by atoms with Gasteiger partial charge in [-0.15, -0.1) is 0 Å². The number of aliphatic carboxylic acids is 2. The molecular weight excluding hydrogens is 396 g/mol. The molecule has 7 N–H and O–H groups in total. The van der Waals surface area contributed by atoms with E-state index in [1.165, 1.54) is 0 Å². The highest BCUT2D eigenvalue weighted by molar-refractivity contribution is 5.95. The number of nitrogens with one attached hydrogen (secondary N) is 3. The molecule has 0 rings (SSSR count). The van der Waals surface area contributed by atoms with Crippen LogP contribution in [0, 0.1) is 17.8 Å². The summed E-state index contributed by atoms with van der Waals surface area (Å²) in [6.45, 7) is 9.98. The highest BCUT2D eigenvalue weighted by Gasteiger charge is 2.33. The largest absolute Gasteiger partial charge is 0.481 e. The third-order valence-electron chi connectivity index (χ3n) is 4.46. The molecule has 3 amide bonds. The molecule has 11 heteroatoms. The zero-order valence-electron chi connectivity index (χ0n) is 18.3. The quantitative estimate of drug-likeness (QED) is 0.234. The van der Waals surface area contributed by atoms with Gasteiger partial charge in [-0.2, -0.15) is 0 Å². The monoisotopic (exact) mass is 430 g/mol. The Morgan fingerprint density at radius 2 is 1.00 bits per heavy atom. The molecule has 0 aromatic rings. The minimum absolute atomic E-state index is 0.367. The van der Waals surface area contributed by atoms with E-state index in [4.69, 9.17) is 10.8 Å². The van der Waals surface area contributed by atoms with Crippen molar-refractivity contribution in [3.05, 3.63) is 0 Å². The van der Waals surface area contributed by atoms with Crippen molar-refractivity contribution in [1.29, 1.82) is 0 Å². The Labute approximate surface area is 176 Å². The van der Waals surface area contributed by atoms with Gasteiger partial charge in [0.25, 0.3) is 0 Å². The average Bonchev–Trinajstić information content (AvgIpc) is 2.59. The molecule has 0 radical (unpaired) electrons. The summed E-state index contributed by atoms with van der Waals surface area (Å²) in [5, 5.41) is 25.4. The van der Waals surface area contributed by atoms with Crippen LogP contribution in [0.25, 0.3) is 0 Å². The lowest BCUT2D eigenvalue weighted by atomic mass is 9.98. The summed E-state index contributed by atoms with van der Waals surface area (Å²) in [5.74, 6) is -5.68. The molecular formula is C19H34N4O7. The second-order valence-electron chi connectivity index (χ2n) is 8.23. The first-order chi connectivity index (χ1) is 13.7. The number of carboxylic acid groups (broad SMARTS) is 2. The van der Waals surface area contributed by atoms with Crippen LogP contribution in [0.2, 0.25) is 0 Å². The van der Waals surface area contributed by atoms with Crippen molar-refractivity contribution < 1.29 is 34.2 Å². The molecule has 4 atom stereocenters. The van der Waals surface area contributed by atoms with E-state index in [2.05, 4.69) is 16.0 Å². The Bertz CT molecular complexity index is 649. The van der Waals surface area contributed by atoms with Gasteiger partial charge in [0, 0.05) is 0 Å². The predicted octanol–water partition coefficient (Wildman–Crippen LogP) is -0.705. The van der Waals surface area contributed by atoms with Crippen molar-refractivity contribution in [2.45, 2.75) is 72.1 Å². The first-order valence-corrected chi connectivity index (χ1v) is 9.80. The maximum Gasteiger partial charge on any atom is 0.326 e. The third-order valence-corrected chi connectivity index (χ3v) is 4.46. The van der Waals surface area contributed by atoms with E-state index < -0.39 is 60.2 Å². The maximum absolute atomic E-state index is 12.8. The second-order valence-corrected chi connectivity index (χ2v) is 8.23. The molecule has 0 aliphatic carbocycles. The van der Waals surface area contributed by atoms with Crippen molar-refractivity contribution in [2.24, 2.45) is 23.5 Å². The van der Waals surface area contributed by atoms with Gasteiger partial charge in [0.15, 0.2) is 0 Å². The smallest absolute Gasteiger partial charge is 0.326 e. The van der Waals surface area contributed by atoms with Gasteiger partial charge < -0.3 is 31.9 Å². The molecule has 0 fully saturated rings. The summed E-state index contributed by atoms with van der Waals surface area (Å²) in [7, 11) is 0. The lowest BCUT2D eigenvalue weighted by molar-refractivity contribution is -0.144. The standard InChI is InChI=1S/C19H34N4O7/c1-8(2)13(21-16(26)11(20)7-12(24)25)17(27)22-14(9(3)4)18(28)23-15(10(5)6)19(29)30/h8-11,13-15H,7,20H2,1-6H3,(H,21,26)(H,22,27)(H,23,28)(H,24,25)(H,29,30). The number of nitrogens with two attached hydrogens (primary N) is 1. The Morgan fingerprint density at radius 3 is 1.30 bits per heavy atom. The Kier molecular flexibility index (Phi) is 11.0. The predicted molar refractivity (Wildman–Crippen MR) is 108 cm³/mol. The van der Waals surface area contributed by atoms with Crippen molar-refractivity contribution in [3.8, 4) is 0 Å². The van der Waals surface area contributed by atoms with Crippen LogP contribution in [0.1, 0.15) is 48.0 Å². The molecule has 0 aliphatic heterocycles. The number of amides is 3. The van der Waals surface area contributed by atoms with Crippen LogP contribution in [-0.2, 0) is 24.0 Å². The lowest BCUT2D eigenvalue weighted by Gasteiger charge is -2.29. The van der Waals surface area contributed by atoms with Gasteiger partial charge in [0.2, 0.25) is 17.7 Å². The fourth-order valence-electron chi connectivity index (χ4n) is 2.61. The summed E-state index contributed by atoms with van der Waals surface area (Å²) in [4.78, 5) is 59.6. The van der Waals surface area contributed by atoms with E-state index in [1.54, 1.807) is 41.5 Å². The minimum Gasteiger partial charge on any atom is -0.481 e. The van der Waals surface area contributed by atoms with Crippen LogP contribution >= 0.6 is 0 Å². The van der Waals surface area contributed by atoms with Crippen LogP contribution in [0.3, 0.4) is 0 Å². The Hall–Kier alpha value is -2.69. The van der Waals surface area contributed by atoms with Crippen LogP contribution in [-0.4, -0.2) is 64.0 Å². The minimum atomic E-state index is -1.33. The van der Waals surface area contributed by atoms with Crippen molar-refractivity contribution in [3.63, 3.8) is 0 Å². The van der Waals surface area contributed by atoms with Crippen LogP contribution in [0.4, 0.5) is 0 Å². The number of carbonyl (C=O) groups is 5. The topological polar surface area (TPSA) is 188 Å². The Balaban J connectivity index is 5.36. The molecule has 0 aromatic heterocycles. The van der Waals surface area contributed by atoms with Gasteiger partial charge in [0.05, 0.1) is 12.5 Å². The molecule has 0 saturated carbocycles. The van der Waals surface area contributed by atoms with E-state index in [0.717, 1.165) is 0 Å². The van der Waals surface area contributed by atoms with E-state index in [0.29, 0.717) is 0 Å². The van der Waals surface area contributed by atoms with Gasteiger partial charge in [-0.1, -0.05) is 41.5 Å². The molecule has 172 valence electrons. The van der Waals surface area contributed by atoms with Crippen LogP contribution < -0.4 is 21.7 Å². The molecule has 11 nitrogen and oxygen atoms in total. The van der Waals surface area contributed by atoms with Crippen LogP contribution in [0.15, 0.2) is 0 Å². The summed E-state index contributed by atoms with van der Waals surface area (Å²) >= 11 is 0. The molecule has 30 heavy (non-hydrogen) atoms. The zero-order valence-corrected chi connectivity index (χ0v) is 18.3. The van der Waals surface area contributed by atoms with E-state index >= 15 is 0 Å². The lowest BCUT2D eigenvalue weighted by Crippen LogP contribution is -2.60. The fourth-order valence-corrected chi connectivity index (χ4v) is 2.61. The molecule has 0 bridgehead atoms. The molecule has 0 aliphatic rings. The first kappa shape index (κ1) is 27.3. The highest BCUT2D eigenvalue weighted by atomic mass is 16.4. The summed E-state index contributed by atoms with van der Waals surface area (Å²) in [5.41, 5.74) is 5.53. The van der Waals surface area contributed by atoms with Crippen LogP contribution in [0.5, 0.6) is 0 Å². The van der Waals surface area contributed by atoms with Gasteiger partial charge in [-0.25, -0.2) is 4.79 Å². The van der Waals surface area contributed by atoms with Crippen molar-refractivity contribution in [2.75, 3.05) is 0 Å². The SMILES string of the molecule is CC(C)C(NC(=O)C(NC(=O)C(NC(=O)C(N)CC(=O)O)C(C)C)C(C)C)C(=O)O. The van der Waals surface area contributed by atoms with Gasteiger partial charge in [-0.05, 0) is 17.8 Å². The zero-order chi connectivity index (χ0) is 23.8. The molecule has 4 unspecified atom stereocenters. The molecule has 0 aromatic carbocycles. The molecule has 0 spiro atoms. The summed E-state index contributed by atoms with van der Waals surface area (Å²) in [6, 6.07) is -4.55. The average molecular weight is 431 g/mol.